The highest BCUT2D eigenvalue weighted by atomic mass is 32.2. The van der Waals surface area contributed by atoms with Crippen LogP contribution in [0.5, 0.6) is 0 Å². The van der Waals surface area contributed by atoms with Crippen LogP contribution in [0.15, 0.2) is 29.2 Å². The highest BCUT2D eigenvalue weighted by molar-refractivity contribution is 8.04. The number of methoxy groups -OCH3 is 1. The van der Waals surface area contributed by atoms with E-state index in [0.29, 0.717) is 0 Å². The lowest BCUT2D eigenvalue weighted by molar-refractivity contribution is -0.135. The predicted octanol–water partition coefficient (Wildman–Crippen LogP) is 3.59. The van der Waals surface area contributed by atoms with Gasteiger partial charge >= 0.3 is 11.5 Å². The smallest absolute Gasteiger partial charge is 0.446 e. The van der Waals surface area contributed by atoms with Gasteiger partial charge in [-0.05, 0) is 35.5 Å². The van der Waals surface area contributed by atoms with E-state index in [1.165, 1.54) is 12.1 Å². The van der Waals surface area contributed by atoms with E-state index in [9.17, 15) is 22.4 Å². The fraction of sp³-hybridized carbons (Fsp3) is 0.182. The van der Waals surface area contributed by atoms with E-state index < -0.39 is 34.0 Å². The number of thioether (sulfide) groups is 1. The SMILES string of the molecule is COC(=O)/C(=C/c1ccc(F)cc1)SC(F)(F)F. The van der Waals surface area contributed by atoms with Crippen molar-refractivity contribution in [3.63, 3.8) is 0 Å². The van der Waals surface area contributed by atoms with Crippen LogP contribution in [0, 0.1) is 5.82 Å². The van der Waals surface area contributed by atoms with E-state index in [4.69, 9.17) is 0 Å². The van der Waals surface area contributed by atoms with E-state index in [1.807, 2.05) is 0 Å². The van der Waals surface area contributed by atoms with Crippen molar-refractivity contribution in [2.24, 2.45) is 0 Å². The number of ether oxygens (including phenoxy) is 1. The van der Waals surface area contributed by atoms with Crippen LogP contribution in [0.3, 0.4) is 0 Å². The first-order valence-corrected chi connectivity index (χ1v) is 5.45. The molecule has 0 heterocycles. The topological polar surface area (TPSA) is 26.3 Å². The summed E-state index contributed by atoms with van der Waals surface area (Å²) >= 11 is -0.574. The van der Waals surface area contributed by atoms with Gasteiger partial charge in [-0.3, -0.25) is 0 Å². The number of benzene rings is 1. The Morgan fingerprint density at radius 3 is 2.28 bits per heavy atom. The molecule has 98 valence electrons. The van der Waals surface area contributed by atoms with Crippen molar-refractivity contribution in [2.75, 3.05) is 7.11 Å². The fourth-order valence-electron chi connectivity index (χ4n) is 1.07. The van der Waals surface area contributed by atoms with Crippen molar-refractivity contribution in [1.82, 2.24) is 0 Å². The maximum Gasteiger partial charge on any atom is 0.446 e. The third-order valence-electron chi connectivity index (χ3n) is 1.78. The van der Waals surface area contributed by atoms with Crippen LogP contribution in [0.25, 0.3) is 6.08 Å². The van der Waals surface area contributed by atoms with Crippen LogP contribution < -0.4 is 0 Å². The normalized spacial score (nSPS) is 12.4. The number of hydrogen-bond donors (Lipinski definition) is 0. The van der Waals surface area contributed by atoms with Gasteiger partial charge in [-0.25, -0.2) is 9.18 Å². The lowest BCUT2D eigenvalue weighted by Crippen LogP contribution is -2.08. The monoisotopic (exact) mass is 280 g/mol. The molecule has 1 aromatic rings. The Labute approximate surface area is 105 Å². The summed E-state index contributed by atoms with van der Waals surface area (Å²) in [7, 11) is 0.984. The molecule has 0 saturated heterocycles. The molecule has 0 aliphatic heterocycles. The Morgan fingerprint density at radius 1 is 1.28 bits per heavy atom. The second-order valence-electron chi connectivity index (χ2n) is 3.10. The van der Waals surface area contributed by atoms with Gasteiger partial charge in [-0.15, -0.1) is 0 Å². The van der Waals surface area contributed by atoms with Gasteiger partial charge in [0.15, 0.2) is 0 Å². The molecule has 0 unspecified atom stereocenters. The fourth-order valence-corrected chi connectivity index (χ4v) is 1.68. The second kappa shape index (κ2) is 5.90. The summed E-state index contributed by atoms with van der Waals surface area (Å²) in [5, 5.41) is 0. The van der Waals surface area contributed by atoms with Crippen molar-refractivity contribution in [3.8, 4) is 0 Å². The first-order chi connectivity index (χ1) is 8.31. The Balaban J connectivity index is 3.02. The molecule has 0 atom stereocenters. The summed E-state index contributed by atoms with van der Waals surface area (Å²) < 4.78 is 53.5. The average Bonchev–Trinajstić information content (AvgIpc) is 2.28. The summed E-state index contributed by atoms with van der Waals surface area (Å²) in [6.07, 6.45) is 0.990. The van der Waals surface area contributed by atoms with Gasteiger partial charge in [-0.2, -0.15) is 13.2 Å². The molecule has 0 bridgehead atoms. The van der Waals surface area contributed by atoms with Crippen LogP contribution in [0.1, 0.15) is 5.56 Å². The van der Waals surface area contributed by atoms with E-state index >= 15 is 0 Å². The Morgan fingerprint density at radius 2 is 1.83 bits per heavy atom. The zero-order chi connectivity index (χ0) is 13.8. The van der Waals surface area contributed by atoms with Gasteiger partial charge in [0.2, 0.25) is 0 Å². The Bertz CT molecular complexity index is 451. The van der Waals surface area contributed by atoms with Gasteiger partial charge in [0.05, 0.1) is 7.11 Å². The lowest BCUT2D eigenvalue weighted by Gasteiger charge is -2.08. The van der Waals surface area contributed by atoms with E-state index in [0.717, 1.165) is 25.3 Å². The summed E-state index contributed by atoms with van der Waals surface area (Å²) in [5.74, 6) is -1.61. The maximum atomic E-state index is 12.6. The first-order valence-electron chi connectivity index (χ1n) is 4.63. The minimum Gasteiger partial charge on any atom is -0.465 e. The standard InChI is InChI=1S/C11H8F4O2S/c1-17-10(16)9(18-11(13,14)15)6-7-2-4-8(12)5-3-7/h2-6H,1H3/b9-6-. The molecule has 0 saturated carbocycles. The second-order valence-corrected chi connectivity index (χ2v) is 4.21. The molecule has 0 aliphatic carbocycles. The molecular formula is C11H8F4O2S. The molecule has 0 N–H and O–H groups in total. The van der Waals surface area contributed by atoms with Crippen LogP contribution in [0.4, 0.5) is 17.6 Å². The molecule has 1 rings (SSSR count). The molecule has 0 aliphatic rings. The minimum atomic E-state index is -4.60. The summed E-state index contributed by atoms with van der Waals surface area (Å²) in [5.41, 5.74) is -4.33. The van der Waals surface area contributed by atoms with Gasteiger partial charge in [0.1, 0.15) is 10.7 Å². The van der Waals surface area contributed by atoms with Crippen LogP contribution in [0.2, 0.25) is 0 Å². The molecule has 0 radical (unpaired) electrons. The average molecular weight is 280 g/mol. The van der Waals surface area contributed by atoms with Crippen molar-refractivity contribution in [2.45, 2.75) is 5.51 Å². The largest absolute Gasteiger partial charge is 0.465 e. The number of alkyl halides is 3. The summed E-state index contributed by atoms with van der Waals surface area (Å²) in [6.45, 7) is 0. The molecular weight excluding hydrogens is 272 g/mol. The van der Waals surface area contributed by atoms with E-state index in [1.54, 1.807) is 0 Å². The molecule has 0 aromatic heterocycles. The number of hydrogen-bond acceptors (Lipinski definition) is 3. The van der Waals surface area contributed by atoms with Crippen LogP contribution >= 0.6 is 11.8 Å². The lowest BCUT2D eigenvalue weighted by atomic mass is 10.2. The van der Waals surface area contributed by atoms with Crippen molar-refractivity contribution in [1.29, 1.82) is 0 Å². The van der Waals surface area contributed by atoms with Crippen LogP contribution in [-0.2, 0) is 9.53 Å². The zero-order valence-electron chi connectivity index (χ0n) is 9.12. The molecule has 1 aromatic carbocycles. The van der Waals surface area contributed by atoms with Gasteiger partial charge < -0.3 is 4.74 Å². The third kappa shape index (κ3) is 4.79. The highest BCUT2D eigenvalue weighted by Gasteiger charge is 2.33. The molecule has 7 heteroatoms. The van der Waals surface area contributed by atoms with Gasteiger partial charge in [0.25, 0.3) is 0 Å². The molecule has 18 heavy (non-hydrogen) atoms. The Hall–Kier alpha value is -1.50. The Kier molecular flexibility index (Phi) is 4.77. The number of carbonyl (C=O) groups is 1. The van der Waals surface area contributed by atoms with Crippen molar-refractivity contribution >= 4 is 23.8 Å². The number of esters is 1. The van der Waals surface area contributed by atoms with Crippen LogP contribution in [-0.4, -0.2) is 18.6 Å². The number of rotatable bonds is 3. The third-order valence-corrected chi connectivity index (χ3v) is 2.52. The zero-order valence-corrected chi connectivity index (χ0v) is 9.94. The molecule has 0 fully saturated rings. The summed E-state index contributed by atoms with van der Waals surface area (Å²) in [6, 6.07) is 4.68. The minimum absolute atomic E-state index is 0.272. The first kappa shape index (κ1) is 14.6. The number of halogens is 4. The van der Waals surface area contributed by atoms with Gasteiger partial charge in [0, 0.05) is 0 Å². The quantitative estimate of drug-likeness (QED) is 0.481. The highest BCUT2D eigenvalue weighted by Crippen LogP contribution is 2.37. The molecule has 0 spiro atoms. The summed E-state index contributed by atoms with van der Waals surface area (Å²) in [4.78, 5) is 10.6. The van der Waals surface area contributed by atoms with Crippen molar-refractivity contribution < 1.29 is 27.1 Å². The van der Waals surface area contributed by atoms with E-state index in [2.05, 4.69) is 4.74 Å². The van der Waals surface area contributed by atoms with Crippen molar-refractivity contribution in [3.05, 3.63) is 40.6 Å². The maximum absolute atomic E-state index is 12.6. The molecule has 2 nitrogen and oxygen atoms in total. The number of carbonyl (C=O) groups excluding carboxylic acids is 1. The van der Waals surface area contributed by atoms with E-state index in [-0.39, 0.29) is 5.56 Å². The molecule has 0 amide bonds. The predicted molar refractivity (Wildman–Crippen MR) is 60.0 cm³/mol. The van der Waals surface area contributed by atoms with Gasteiger partial charge in [-0.1, -0.05) is 12.1 Å².